The summed E-state index contributed by atoms with van der Waals surface area (Å²) in [6, 6.07) is 20.8. The molecule has 0 radical (unpaired) electrons. The Hall–Kier alpha value is -3.49. The summed E-state index contributed by atoms with van der Waals surface area (Å²) in [6.45, 7) is 0.477. The van der Waals surface area contributed by atoms with Crippen molar-refractivity contribution in [1.29, 1.82) is 0 Å². The molecule has 7 nitrogen and oxygen atoms in total. The number of nitro groups is 1. The van der Waals surface area contributed by atoms with Crippen LogP contribution >= 0.6 is 23.8 Å². The van der Waals surface area contributed by atoms with Crippen molar-refractivity contribution < 1.29 is 14.5 Å². The number of rotatable bonds is 7. The molecule has 0 atom stereocenters. The zero-order chi connectivity index (χ0) is 22.2. The molecule has 0 spiro atoms. The second-order valence-corrected chi connectivity index (χ2v) is 7.26. The first-order valence-electron chi connectivity index (χ1n) is 9.25. The van der Waals surface area contributed by atoms with E-state index >= 15 is 0 Å². The molecule has 0 aliphatic carbocycles. The summed E-state index contributed by atoms with van der Waals surface area (Å²) < 4.78 is 5.74. The molecule has 1 amide bonds. The van der Waals surface area contributed by atoms with Gasteiger partial charge in [0.25, 0.3) is 11.6 Å². The molecule has 0 heterocycles. The van der Waals surface area contributed by atoms with E-state index < -0.39 is 10.8 Å². The van der Waals surface area contributed by atoms with E-state index in [1.54, 1.807) is 24.3 Å². The number of carbonyl (C=O) groups excluding carboxylic acids is 1. The van der Waals surface area contributed by atoms with E-state index in [2.05, 4.69) is 10.6 Å². The Bertz CT molecular complexity index is 1110. The van der Waals surface area contributed by atoms with Gasteiger partial charge < -0.3 is 10.1 Å². The number of hydrogen-bond donors (Lipinski definition) is 2. The lowest BCUT2D eigenvalue weighted by Gasteiger charge is -2.11. The molecular formula is C22H18ClN3O4S. The molecule has 31 heavy (non-hydrogen) atoms. The van der Waals surface area contributed by atoms with Crippen LogP contribution in [0.3, 0.4) is 0 Å². The van der Waals surface area contributed by atoms with Gasteiger partial charge in [0.15, 0.2) is 5.11 Å². The summed E-state index contributed by atoms with van der Waals surface area (Å²) in [5.41, 5.74) is 1.60. The van der Waals surface area contributed by atoms with Crippen LogP contribution in [-0.4, -0.2) is 22.5 Å². The van der Waals surface area contributed by atoms with Crippen molar-refractivity contribution in [3.05, 3.63) is 99.1 Å². The normalized spacial score (nSPS) is 10.2. The molecule has 0 fully saturated rings. The topological polar surface area (TPSA) is 93.5 Å². The smallest absolute Gasteiger partial charge is 0.289 e. The van der Waals surface area contributed by atoms with Crippen LogP contribution in [0.1, 0.15) is 15.9 Å². The van der Waals surface area contributed by atoms with Crippen molar-refractivity contribution in [3.8, 4) is 5.75 Å². The average molecular weight is 456 g/mol. The van der Waals surface area contributed by atoms with Gasteiger partial charge in [-0.3, -0.25) is 20.2 Å². The van der Waals surface area contributed by atoms with Crippen LogP contribution in [0.25, 0.3) is 0 Å². The predicted octanol–water partition coefficient (Wildman–Crippen LogP) is 5.00. The maximum Gasteiger partial charge on any atom is 0.289 e. The third-order valence-electron chi connectivity index (χ3n) is 4.23. The van der Waals surface area contributed by atoms with E-state index in [9.17, 15) is 14.9 Å². The van der Waals surface area contributed by atoms with Gasteiger partial charge in [0.05, 0.1) is 11.5 Å². The Morgan fingerprint density at radius 1 is 1.06 bits per heavy atom. The summed E-state index contributed by atoms with van der Waals surface area (Å²) in [7, 11) is 0. The number of thiocarbonyl (C=S) groups is 1. The maximum absolute atomic E-state index is 12.5. The van der Waals surface area contributed by atoms with E-state index in [1.165, 1.54) is 18.2 Å². The minimum Gasteiger partial charge on any atom is -0.493 e. The van der Waals surface area contributed by atoms with Crippen LogP contribution in [0.4, 0.5) is 11.4 Å². The summed E-state index contributed by atoms with van der Waals surface area (Å²) in [4.78, 5) is 22.9. The van der Waals surface area contributed by atoms with Gasteiger partial charge in [0, 0.05) is 23.7 Å². The number of benzene rings is 3. The molecule has 9 heteroatoms. The zero-order valence-corrected chi connectivity index (χ0v) is 17.8. The van der Waals surface area contributed by atoms with Gasteiger partial charge in [-0.05, 0) is 48.1 Å². The number of carbonyl (C=O) groups is 1. The third kappa shape index (κ3) is 6.50. The number of nitro benzene ring substituents is 1. The Kier molecular flexibility index (Phi) is 7.53. The van der Waals surface area contributed by atoms with Crippen molar-refractivity contribution >= 4 is 46.2 Å². The van der Waals surface area contributed by atoms with Crippen molar-refractivity contribution in [2.24, 2.45) is 0 Å². The van der Waals surface area contributed by atoms with Crippen molar-refractivity contribution in [3.63, 3.8) is 0 Å². The Morgan fingerprint density at radius 2 is 1.84 bits per heavy atom. The fraction of sp³-hybridized carbons (Fsp3) is 0.0909. The van der Waals surface area contributed by atoms with Gasteiger partial charge in [0.2, 0.25) is 0 Å². The van der Waals surface area contributed by atoms with E-state index in [1.807, 2.05) is 30.3 Å². The number of hydrogen-bond acceptors (Lipinski definition) is 5. The first kappa shape index (κ1) is 22.2. The first-order chi connectivity index (χ1) is 14.9. The molecule has 3 rings (SSSR count). The van der Waals surface area contributed by atoms with E-state index in [0.29, 0.717) is 23.6 Å². The fourth-order valence-corrected chi connectivity index (χ4v) is 3.12. The molecule has 0 aliphatic rings. The van der Waals surface area contributed by atoms with Crippen molar-refractivity contribution in [2.75, 3.05) is 11.9 Å². The fourth-order valence-electron chi connectivity index (χ4n) is 2.73. The van der Waals surface area contributed by atoms with E-state index in [-0.39, 0.29) is 15.8 Å². The number of ether oxygens (including phenoxy) is 1. The molecular weight excluding hydrogens is 438 g/mol. The molecule has 0 aromatic heterocycles. The highest BCUT2D eigenvalue weighted by Gasteiger charge is 2.14. The Labute approximate surface area is 189 Å². The molecule has 0 saturated heterocycles. The van der Waals surface area contributed by atoms with Crippen molar-refractivity contribution in [1.82, 2.24) is 5.32 Å². The second-order valence-electron chi connectivity index (χ2n) is 6.44. The standard InChI is InChI=1S/C22H18ClN3O4S/c23-19-10-9-17(14-20(19)26(28)29)24-22(31)25-21(27)16-7-4-8-18(13-16)30-12-11-15-5-2-1-3-6-15/h1-10,13-14H,11-12H2,(H2,24,25,27,31). The lowest BCUT2D eigenvalue weighted by molar-refractivity contribution is -0.384. The minimum atomic E-state index is -0.599. The highest BCUT2D eigenvalue weighted by atomic mass is 35.5. The van der Waals surface area contributed by atoms with Crippen LogP contribution in [0.5, 0.6) is 5.75 Å². The molecule has 2 N–H and O–H groups in total. The number of nitrogens with zero attached hydrogens (tertiary/aromatic N) is 1. The molecule has 158 valence electrons. The van der Waals surface area contributed by atoms with E-state index in [0.717, 1.165) is 12.0 Å². The van der Waals surface area contributed by atoms with E-state index in [4.69, 9.17) is 28.6 Å². The quantitative estimate of drug-likeness (QED) is 0.296. The minimum absolute atomic E-state index is 0.00276. The predicted molar refractivity (Wildman–Crippen MR) is 124 cm³/mol. The van der Waals surface area contributed by atoms with Gasteiger partial charge in [-0.1, -0.05) is 48.0 Å². The number of anilines is 1. The number of amides is 1. The largest absolute Gasteiger partial charge is 0.493 e. The van der Waals surface area contributed by atoms with Gasteiger partial charge in [-0.15, -0.1) is 0 Å². The first-order valence-corrected chi connectivity index (χ1v) is 10.0. The van der Waals surface area contributed by atoms with Crippen LogP contribution in [0, 0.1) is 10.1 Å². The van der Waals surface area contributed by atoms with Crippen LogP contribution in [-0.2, 0) is 6.42 Å². The second kappa shape index (κ2) is 10.5. The Balaban J connectivity index is 1.56. The summed E-state index contributed by atoms with van der Waals surface area (Å²) >= 11 is 10.9. The third-order valence-corrected chi connectivity index (χ3v) is 4.75. The lowest BCUT2D eigenvalue weighted by Crippen LogP contribution is -2.34. The molecule has 0 aliphatic heterocycles. The number of halogens is 1. The van der Waals surface area contributed by atoms with Gasteiger partial charge in [-0.2, -0.15) is 0 Å². The molecule has 0 bridgehead atoms. The summed E-state index contributed by atoms with van der Waals surface area (Å²) in [5.74, 6) is 0.130. The summed E-state index contributed by atoms with van der Waals surface area (Å²) in [6.07, 6.45) is 0.749. The van der Waals surface area contributed by atoms with Gasteiger partial charge in [0.1, 0.15) is 10.8 Å². The number of nitrogens with one attached hydrogen (secondary N) is 2. The van der Waals surface area contributed by atoms with Gasteiger partial charge >= 0.3 is 0 Å². The van der Waals surface area contributed by atoms with Crippen LogP contribution in [0.15, 0.2) is 72.8 Å². The highest BCUT2D eigenvalue weighted by Crippen LogP contribution is 2.27. The SMILES string of the molecule is O=C(NC(=S)Nc1ccc(Cl)c([N+](=O)[O-])c1)c1cccc(OCCc2ccccc2)c1. The van der Waals surface area contributed by atoms with Crippen molar-refractivity contribution in [2.45, 2.75) is 6.42 Å². The van der Waals surface area contributed by atoms with Crippen LogP contribution < -0.4 is 15.4 Å². The van der Waals surface area contributed by atoms with Gasteiger partial charge in [-0.25, -0.2) is 0 Å². The van der Waals surface area contributed by atoms with Crippen LogP contribution in [0.2, 0.25) is 5.02 Å². The Morgan fingerprint density at radius 3 is 2.58 bits per heavy atom. The average Bonchev–Trinajstić information content (AvgIpc) is 2.76. The maximum atomic E-state index is 12.5. The molecule has 3 aromatic rings. The zero-order valence-electron chi connectivity index (χ0n) is 16.2. The highest BCUT2D eigenvalue weighted by molar-refractivity contribution is 7.80. The lowest BCUT2D eigenvalue weighted by atomic mass is 10.2. The molecule has 3 aromatic carbocycles. The monoisotopic (exact) mass is 455 g/mol. The molecule has 0 unspecified atom stereocenters. The summed E-state index contributed by atoms with van der Waals surface area (Å²) in [5, 5.41) is 16.3. The molecule has 0 saturated carbocycles.